The van der Waals surface area contributed by atoms with E-state index in [0.717, 1.165) is 47.7 Å². The molecule has 114 valence electrons. The number of hydrogen-bond acceptors (Lipinski definition) is 4. The SMILES string of the molecule is CCCCCNC(=O)CSc1nc2ccc(OC)cc2[nH]1. The average molecular weight is 307 g/mol. The Kier molecular flexibility index (Phi) is 5.92. The molecule has 1 heterocycles. The number of benzene rings is 1. The summed E-state index contributed by atoms with van der Waals surface area (Å²) in [5.41, 5.74) is 1.79. The van der Waals surface area contributed by atoms with Gasteiger partial charge in [-0.25, -0.2) is 4.98 Å². The summed E-state index contributed by atoms with van der Waals surface area (Å²) in [6.07, 6.45) is 3.35. The smallest absolute Gasteiger partial charge is 0.230 e. The number of rotatable bonds is 8. The number of carbonyl (C=O) groups is 1. The molecular weight excluding hydrogens is 286 g/mol. The van der Waals surface area contributed by atoms with Gasteiger partial charge in [0.1, 0.15) is 5.75 Å². The van der Waals surface area contributed by atoms with E-state index in [1.807, 2.05) is 18.2 Å². The number of methoxy groups -OCH3 is 1. The van der Waals surface area contributed by atoms with Crippen molar-refractivity contribution in [3.8, 4) is 5.75 Å². The molecule has 1 amide bonds. The van der Waals surface area contributed by atoms with Gasteiger partial charge >= 0.3 is 0 Å². The molecule has 0 atom stereocenters. The van der Waals surface area contributed by atoms with E-state index in [1.54, 1.807) is 7.11 Å². The first kappa shape index (κ1) is 15.7. The van der Waals surface area contributed by atoms with Gasteiger partial charge in [0.05, 0.1) is 23.9 Å². The highest BCUT2D eigenvalue weighted by Gasteiger charge is 2.07. The molecule has 0 radical (unpaired) electrons. The fraction of sp³-hybridized carbons (Fsp3) is 0.467. The first-order valence-corrected chi connectivity index (χ1v) is 8.14. The molecule has 0 aliphatic carbocycles. The van der Waals surface area contributed by atoms with Gasteiger partial charge in [-0.2, -0.15) is 0 Å². The zero-order chi connectivity index (χ0) is 15.1. The second-order valence-electron chi connectivity index (χ2n) is 4.77. The highest BCUT2D eigenvalue weighted by Crippen LogP contribution is 2.22. The summed E-state index contributed by atoms with van der Waals surface area (Å²) in [6.45, 7) is 2.90. The third-order valence-corrected chi connectivity index (χ3v) is 3.98. The topological polar surface area (TPSA) is 67.0 Å². The molecule has 2 rings (SSSR count). The highest BCUT2D eigenvalue weighted by atomic mass is 32.2. The van der Waals surface area contributed by atoms with Crippen LogP contribution in [0.4, 0.5) is 0 Å². The molecule has 0 saturated heterocycles. The Morgan fingerprint density at radius 3 is 3.05 bits per heavy atom. The van der Waals surface area contributed by atoms with Crippen molar-refractivity contribution in [2.24, 2.45) is 0 Å². The van der Waals surface area contributed by atoms with Crippen LogP contribution in [0.5, 0.6) is 5.75 Å². The quantitative estimate of drug-likeness (QED) is 0.581. The van der Waals surface area contributed by atoms with Gasteiger partial charge in [-0.1, -0.05) is 31.5 Å². The van der Waals surface area contributed by atoms with Crippen LogP contribution >= 0.6 is 11.8 Å². The van der Waals surface area contributed by atoms with Crippen molar-refractivity contribution in [2.45, 2.75) is 31.3 Å². The predicted molar refractivity (Wildman–Crippen MR) is 85.9 cm³/mol. The lowest BCUT2D eigenvalue weighted by molar-refractivity contribution is -0.118. The van der Waals surface area contributed by atoms with Gasteiger partial charge in [0, 0.05) is 12.6 Å². The maximum atomic E-state index is 11.7. The van der Waals surface area contributed by atoms with Crippen LogP contribution in [0.1, 0.15) is 26.2 Å². The molecule has 0 aliphatic rings. The number of unbranched alkanes of at least 4 members (excludes halogenated alkanes) is 2. The summed E-state index contributed by atoms with van der Waals surface area (Å²) in [5.74, 6) is 1.22. The standard InChI is InChI=1S/C15H21N3O2S/c1-3-4-5-8-16-14(19)10-21-15-17-12-7-6-11(20-2)9-13(12)18-15/h6-7,9H,3-5,8,10H2,1-2H3,(H,16,19)(H,17,18). The molecule has 0 aliphatic heterocycles. The maximum Gasteiger partial charge on any atom is 0.230 e. The van der Waals surface area contributed by atoms with E-state index in [9.17, 15) is 4.79 Å². The molecule has 1 aromatic carbocycles. The fourth-order valence-electron chi connectivity index (χ4n) is 1.95. The lowest BCUT2D eigenvalue weighted by atomic mass is 10.2. The van der Waals surface area contributed by atoms with Crippen LogP contribution in [-0.4, -0.2) is 35.3 Å². The monoisotopic (exact) mass is 307 g/mol. The van der Waals surface area contributed by atoms with Crippen molar-refractivity contribution in [1.29, 1.82) is 0 Å². The van der Waals surface area contributed by atoms with Gasteiger partial charge < -0.3 is 15.0 Å². The molecule has 21 heavy (non-hydrogen) atoms. The number of carbonyl (C=O) groups excluding carboxylic acids is 1. The van der Waals surface area contributed by atoms with Crippen LogP contribution < -0.4 is 10.1 Å². The Labute approximate surface area is 128 Å². The Morgan fingerprint density at radius 1 is 1.43 bits per heavy atom. The van der Waals surface area contributed by atoms with E-state index in [1.165, 1.54) is 11.8 Å². The minimum absolute atomic E-state index is 0.0501. The second-order valence-corrected chi connectivity index (χ2v) is 5.73. The molecular formula is C15H21N3O2S. The second kappa shape index (κ2) is 7.93. The normalized spacial score (nSPS) is 10.8. The molecule has 0 saturated carbocycles. The third kappa shape index (κ3) is 4.67. The van der Waals surface area contributed by atoms with Crippen molar-refractivity contribution in [1.82, 2.24) is 15.3 Å². The molecule has 0 fully saturated rings. The number of nitrogens with zero attached hydrogens (tertiary/aromatic N) is 1. The summed E-state index contributed by atoms with van der Waals surface area (Å²) in [4.78, 5) is 19.3. The first-order chi connectivity index (χ1) is 10.2. The third-order valence-electron chi connectivity index (χ3n) is 3.11. The lowest BCUT2D eigenvalue weighted by Gasteiger charge is -2.03. The summed E-state index contributed by atoms with van der Waals surface area (Å²) in [6, 6.07) is 5.68. The van der Waals surface area contributed by atoms with E-state index < -0.39 is 0 Å². The fourth-order valence-corrected chi connectivity index (χ4v) is 2.66. The van der Waals surface area contributed by atoms with E-state index in [2.05, 4.69) is 22.2 Å². The van der Waals surface area contributed by atoms with Gasteiger partial charge in [0.15, 0.2) is 5.16 Å². The van der Waals surface area contributed by atoms with Crippen LogP contribution in [-0.2, 0) is 4.79 Å². The Bertz CT molecular complexity index is 598. The van der Waals surface area contributed by atoms with Gasteiger partial charge in [0.25, 0.3) is 0 Å². The van der Waals surface area contributed by atoms with Crippen molar-refractivity contribution in [3.05, 3.63) is 18.2 Å². The van der Waals surface area contributed by atoms with Gasteiger partial charge in [-0.05, 0) is 18.6 Å². The number of ether oxygens (including phenoxy) is 1. The van der Waals surface area contributed by atoms with Crippen LogP contribution in [0, 0.1) is 0 Å². The average Bonchev–Trinajstić information content (AvgIpc) is 2.91. The number of thioether (sulfide) groups is 1. The van der Waals surface area contributed by atoms with Gasteiger partial charge in [0.2, 0.25) is 5.91 Å². The van der Waals surface area contributed by atoms with E-state index in [4.69, 9.17) is 4.74 Å². The Balaban J connectivity index is 1.84. The zero-order valence-electron chi connectivity index (χ0n) is 12.4. The van der Waals surface area contributed by atoms with Gasteiger partial charge in [-0.15, -0.1) is 0 Å². The summed E-state index contributed by atoms with van der Waals surface area (Å²) in [5, 5.41) is 3.67. The number of aromatic amines is 1. The largest absolute Gasteiger partial charge is 0.497 e. The predicted octanol–water partition coefficient (Wildman–Crippen LogP) is 2.97. The van der Waals surface area contributed by atoms with E-state index in [0.29, 0.717) is 5.75 Å². The summed E-state index contributed by atoms with van der Waals surface area (Å²) in [7, 11) is 1.63. The van der Waals surface area contributed by atoms with Crippen LogP contribution in [0.15, 0.2) is 23.4 Å². The van der Waals surface area contributed by atoms with Gasteiger partial charge in [-0.3, -0.25) is 4.79 Å². The van der Waals surface area contributed by atoms with Crippen molar-refractivity contribution >= 4 is 28.7 Å². The molecule has 0 spiro atoms. The maximum absolute atomic E-state index is 11.7. The van der Waals surface area contributed by atoms with Crippen molar-refractivity contribution in [2.75, 3.05) is 19.4 Å². The molecule has 1 aromatic heterocycles. The lowest BCUT2D eigenvalue weighted by Crippen LogP contribution is -2.26. The zero-order valence-corrected chi connectivity index (χ0v) is 13.3. The molecule has 6 heteroatoms. The van der Waals surface area contributed by atoms with E-state index >= 15 is 0 Å². The van der Waals surface area contributed by atoms with Crippen molar-refractivity contribution in [3.63, 3.8) is 0 Å². The highest BCUT2D eigenvalue weighted by molar-refractivity contribution is 7.99. The number of fused-ring (bicyclic) bond motifs is 1. The molecule has 2 N–H and O–H groups in total. The molecule has 0 bridgehead atoms. The molecule has 2 aromatic rings. The number of imidazole rings is 1. The Morgan fingerprint density at radius 2 is 2.29 bits per heavy atom. The summed E-state index contributed by atoms with van der Waals surface area (Å²) < 4.78 is 5.18. The molecule has 0 unspecified atom stereocenters. The minimum atomic E-state index is 0.0501. The number of amides is 1. The Hall–Kier alpha value is -1.69. The molecule has 5 nitrogen and oxygen atoms in total. The number of H-pyrrole nitrogens is 1. The van der Waals surface area contributed by atoms with Crippen molar-refractivity contribution < 1.29 is 9.53 Å². The minimum Gasteiger partial charge on any atom is -0.497 e. The first-order valence-electron chi connectivity index (χ1n) is 7.16. The van der Waals surface area contributed by atoms with Crippen LogP contribution in [0.3, 0.4) is 0 Å². The summed E-state index contributed by atoms with van der Waals surface area (Å²) >= 11 is 1.41. The number of hydrogen-bond donors (Lipinski definition) is 2. The van der Waals surface area contributed by atoms with E-state index in [-0.39, 0.29) is 5.91 Å². The van der Waals surface area contributed by atoms with Crippen LogP contribution in [0.2, 0.25) is 0 Å². The number of nitrogens with one attached hydrogen (secondary N) is 2. The van der Waals surface area contributed by atoms with Crippen LogP contribution in [0.25, 0.3) is 11.0 Å². The number of aromatic nitrogens is 2.